The lowest BCUT2D eigenvalue weighted by Crippen LogP contribution is -2.32. The van der Waals surface area contributed by atoms with Crippen molar-refractivity contribution in [3.8, 4) is 17.4 Å². The Balaban J connectivity index is 1.31. The molecule has 0 N–H and O–H groups in total. The van der Waals surface area contributed by atoms with Crippen LogP contribution in [0.4, 0.5) is 11.4 Å². The van der Waals surface area contributed by atoms with Gasteiger partial charge in [-0.25, -0.2) is 4.98 Å². The zero-order chi connectivity index (χ0) is 24.5. The van der Waals surface area contributed by atoms with E-state index in [4.69, 9.17) is 14.2 Å². The predicted octanol–water partition coefficient (Wildman–Crippen LogP) is 2.92. The minimum atomic E-state index is -0.143. The molecule has 2 aromatic heterocycles. The van der Waals surface area contributed by atoms with Crippen LogP contribution in [0.25, 0.3) is 0 Å². The van der Waals surface area contributed by atoms with Crippen LogP contribution in [0.15, 0.2) is 53.6 Å². The van der Waals surface area contributed by atoms with Gasteiger partial charge in [0.05, 0.1) is 43.3 Å². The van der Waals surface area contributed by atoms with Crippen LogP contribution in [0.1, 0.15) is 22.3 Å². The van der Waals surface area contributed by atoms with Gasteiger partial charge in [0.1, 0.15) is 24.2 Å². The largest absolute Gasteiger partial charge is 0.490 e. The molecule has 0 aliphatic carbocycles. The van der Waals surface area contributed by atoms with Crippen molar-refractivity contribution in [3.63, 3.8) is 0 Å². The Hall–Kier alpha value is -4.01. The van der Waals surface area contributed by atoms with Crippen molar-refractivity contribution in [3.05, 3.63) is 70.3 Å². The van der Waals surface area contributed by atoms with Gasteiger partial charge >= 0.3 is 0 Å². The molecule has 5 rings (SSSR count). The van der Waals surface area contributed by atoms with Crippen LogP contribution in [0.2, 0.25) is 0 Å². The normalized spacial score (nSPS) is 17.1. The Morgan fingerprint density at radius 2 is 2.03 bits per heavy atom. The summed E-state index contributed by atoms with van der Waals surface area (Å²) < 4.78 is 18.9. The minimum absolute atomic E-state index is 0.0981. The number of nitrogens with zero attached hydrogens (tertiary/aromatic N) is 4. The van der Waals surface area contributed by atoms with E-state index in [9.17, 15) is 9.59 Å². The Bertz CT molecular complexity index is 1320. The van der Waals surface area contributed by atoms with Crippen LogP contribution in [0, 0.1) is 6.92 Å². The van der Waals surface area contributed by atoms with Gasteiger partial charge in [-0.05, 0) is 31.2 Å². The van der Waals surface area contributed by atoms with Crippen LogP contribution in [-0.4, -0.2) is 59.8 Å². The smallest absolute Gasteiger partial charge is 0.255 e. The monoisotopic (exact) mass is 476 g/mol. The van der Waals surface area contributed by atoms with E-state index >= 15 is 0 Å². The molecule has 0 spiro atoms. The fourth-order valence-corrected chi connectivity index (χ4v) is 4.55. The van der Waals surface area contributed by atoms with E-state index in [1.165, 1.54) is 10.6 Å². The minimum Gasteiger partial charge on any atom is -0.490 e. The highest BCUT2D eigenvalue weighted by molar-refractivity contribution is 5.94. The number of ether oxygens (including phenoxy) is 3. The van der Waals surface area contributed by atoms with E-state index in [0.29, 0.717) is 37.7 Å². The Kier molecular flexibility index (Phi) is 6.07. The molecule has 1 fully saturated rings. The summed E-state index contributed by atoms with van der Waals surface area (Å²) in [5, 5.41) is 0. The summed E-state index contributed by atoms with van der Waals surface area (Å²) in [6, 6.07) is 10.8. The van der Waals surface area contributed by atoms with Gasteiger partial charge in [0.2, 0.25) is 11.4 Å². The Morgan fingerprint density at radius 1 is 1.17 bits per heavy atom. The predicted molar refractivity (Wildman–Crippen MR) is 131 cm³/mol. The van der Waals surface area contributed by atoms with Crippen LogP contribution in [0.5, 0.6) is 17.4 Å². The number of amides is 1. The third-order valence-electron chi connectivity index (χ3n) is 6.38. The van der Waals surface area contributed by atoms with Gasteiger partial charge in [-0.1, -0.05) is 0 Å². The number of rotatable bonds is 5. The van der Waals surface area contributed by atoms with E-state index in [1.54, 1.807) is 37.5 Å². The lowest BCUT2D eigenvalue weighted by atomic mass is 10.2. The molecule has 3 aromatic rings. The number of methoxy groups -OCH3 is 1. The van der Waals surface area contributed by atoms with Gasteiger partial charge in [-0.3, -0.25) is 9.59 Å². The number of pyridine rings is 2. The lowest BCUT2D eigenvalue weighted by molar-refractivity contribution is 0.0771. The molecule has 2 aliphatic rings. The molecule has 1 atom stereocenters. The molecule has 0 bridgehead atoms. The van der Waals surface area contributed by atoms with Gasteiger partial charge < -0.3 is 28.6 Å². The van der Waals surface area contributed by atoms with Gasteiger partial charge in [-0.2, -0.15) is 0 Å². The fourth-order valence-electron chi connectivity index (χ4n) is 4.55. The summed E-state index contributed by atoms with van der Waals surface area (Å²) >= 11 is 0. The molecular formula is C26H28N4O5. The molecule has 1 unspecified atom stereocenters. The highest BCUT2D eigenvalue weighted by Crippen LogP contribution is 2.40. The quantitative estimate of drug-likeness (QED) is 0.560. The van der Waals surface area contributed by atoms with Crippen molar-refractivity contribution in [2.24, 2.45) is 7.05 Å². The number of anilines is 2. The van der Waals surface area contributed by atoms with E-state index < -0.39 is 0 Å². The van der Waals surface area contributed by atoms with Crippen LogP contribution in [-0.2, 0) is 7.05 Å². The summed E-state index contributed by atoms with van der Waals surface area (Å²) in [6.45, 7) is 4.32. The first-order valence-electron chi connectivity index (χ1n) is 11.6. The molecule has 0 saturated carbocycles. The van der Waals surface area contributed by atoms with Crippen molar-refractivity contribution in [1.82, 2.24) is 14.5 Å². The molecule has 0 radical (unpaired) electrons. The van der Waals surface area contributed by atoms with Gasteiger partial charge in [-0.15, -0.1) is 0 Å². The molecule has 1 aromatic carbocycles. The maximum absolute atomic E-state index is 12.9. The maximum atomic E-state index is 12.9. The van der Waals surface area contributed by atoms with E-state index in [1.807, 2.05) is 31.2 Å². The first-order valence-corrected chi connectivity index (χ1v) is 11.6. The number of aryl methyl sites for hydroxylation is 2. The van der Waals surface area contributed by atoms with Crippen molar-refractivity contribution >= 4 is 17.3 Å². The molecule has 2 aliphatic heterocycles. The van der Waals surface area contributed by atoms with Crippen LogP contribution >= 0.6 is 0 Å². The number of carbonyl (C=O) groups excluding carboxylic acids is 1. The summed E-state index contributed by atoms with van der Waals surface area (Å²) in [5.41, 5.74) is 3.18. The van der Waals surface area contributed by atoms with Crippen LogP contribution in [0.3, 0.4) is 0 Å². The molecule has 4 heterocycles. The zero-order valence-corrected chi connectivity index (χ0v) is 20.1. The first-order chi connectivity index (χ1) is 16.9. The fraction of sp³-hybridized carbons (Fsp3) is 0.346. The second kappa shape index (κ2) is 9.32. The molecule has 9 heteroatoms. The van der Waals surface area contributed by atoms with E-state index in [0.717, 1.165) is 34.9 Å². The maximum Gasteiger partial charge on any atom is 0.255 e. The average molecular weight is 477 g/mol. The third-order valence-corrected chi connectivity index (χ3v) is 6.38. The van der Waals surface area contributed by atoms with Crippen molar-refractivity contribution in [1.29, 1.82) is 0 Å². The topological polar surface area (TPSA) is 86.1 Å². The Morgan fingerprint density at radius 3 is 2.80 bits per heavy atom. The van der Waals surface area contributed by atoms with Gasteiger partial charge in [0.15, 0.2) is 0 Å². The van der Waals surface area contributed by atoms with Crippen molar-refractivity contribution < 1.29 is 19.0 Å². The second-order valence-corrected chi connectivity index (χ2v) is 8.80. The number of benzene rings is 1. The summed E-state index contributed by atoms with van der Waals surface area (Å²) in [6.07, 6.45) is 3.99. The number of carbonyl (C=O) groups is 1. The van der Waals surface area contributed by atoms with Crippen LogP contribution < -0.4 is 24.7 Å². The number of likely N-dealkylation sites (tertiary alicyclic amines) is 1. The highest BCUT2D eigenvalue weighted by atomic mass is 16.5. The van der Waals surface area contributed by atoms with Gasteiger partial charge in [0.25, 0.3) is 5.91 Å². The van der Waals surface area contributed by atoms with E-state index in [2.05, 4.69) is 9.88 Å². The second-order valence-electron chi connectivity index (χ2n) is 8.80. The van der Waals surface area contributed by atoms with Gasteiger partial charge in [0, 0.05) is 43.9 Å². The molecule has 182 valence electrons. The highest BCUT2D eigenvalue weighted by Gasteiger charge is 2.29. The zero-order valence-electron chi connectivity index (χ0n) is 20.1. The molecule has 35 heavy (non-hydrogen) atoms. The molecule has 1 amide bonds. The molecule has 9 nitrogen and oxygen atoms in total. The third kappa shape index (κ3) is 4.53. The lowest BCUT2D eigenvalue weighted by Gasteiger charge is -2.32. The number of aromatic nitrogens is 2. The molecule has 1 saturated heterocycles. The average Bonchev–Trinajstić information content (AvgIpc) is 3.33. The summed E-state index contributed by atoms with van der Waals surface area (Å²) in [7, 11) is 3.25. The summed E-state index contributed by atoms with van der Waals surface area (Å²) in [4.78, 5) is 32.9. The van der Waals surface area contributed by atoms with Crippen molar-refractivity contribution in [2.75, 3.05) is 38.3 Å². The van der Waals surface area contributed by atoms with E-state index in [-0.39, 0.29) is 17.6 Å². The number of hydrogen-bond acceptors (Lipinski definition) is 7. The standard InChI is InChI=1S/C26H28N4O5/c1-17-12-19(14-27-25(17)33-3)30-10-11-34-23-6-5-20(13-22(23)30)35-21-8-9-29(16-21)26(32)18-4-7-24(31)28(2)15-18/h4-7,12-15,21H,8-11,16H2,1-3H3. The number of hydrogen-bond donors (Lipinski definition) is 0. The Labute approximate surface area is 203 Å². The van der Waals surface area contributed by atoms with Crippen molar-refractivity contribution in [2.45, 2.75) is 19.4 Å². The number of fused-ring (bicyclic) bond motifs is 1. The first kappa shape index (κ1) is 22.8. The summed E-state index contributed by atoms with van der Waals surface area (Å²) in [5.74, 6) is 2.02. The molecular weight excluding hydrogens is 448 g/mol. The SMILES string of the molecule is COc1ncc(N2CCOc3ccc(OC4CCN(C(=O)c5ccc(=O)n(C)c5)C4)cc32)cc1C.